The second-order valence-electron chi connectivity index (χ2n) is 18.5. The summed E-state index contributed by atoms with van der Waals surface area (Å²) < 4.78 is 25.3. The molecule has 0 N–H and O–H groups in total. The molecule has 0 radical (unpaired) electrons. The van der Waals surface area contributed by atoms with Gasteiger partial charge in [0, 0.05) is 17.2 Å². The molecule has 7 heteroatoms. The van der Waals surface area contributed by atoms with Crippen molar-refractivity contribution in [2.75, 3.05) is 26.4 Å². The molecule has 6 nitrogen and oxygen atoms in total. The molecule has 0 atom stereocenters. The maximum Gasteiger partial charge on any atom is 0.224 e. The van der Waals surface area contributed by atoms with Crippen LogP contribution >= 0.6 is 11.6 Å². The first-order valence-electron chi connectivity index (χ1n) is 27.4. The van der Waals surface area contributed by atoms with E-state index in [-0.39, 0.29) is 5.28 Å². The van der Waals surface area contributed by atoms with E-state index in [1.165, 1.54) is 180 Å². The predicted molar refractivity (Wildman–Crippen MR) is 284 cm³/mol. The summed E-state index contributed by atoms with van der Waals surface area (Å²) in [6, 6.07) is 13.7. The Labute approximate surface area is 415 Å². The molecular formula is C60H91ClN2O4. The Hall–Kier alpha value is -3.87. The predicted octanol–water partition coefficient (Wildman–Crippen LogP) is 18.0. The fraction of sp³-hybridized carbons (Fsp3) is 0.667. The van der Waals surface area contributed by atoms with Crippen molar-refractivity contribution < 1.29 is 18.9 Å². The topological polar surface area (TPSA) is 62.7 Å². The van der Waals surface area contributed by atoms with Gasteiger partial charge in [-0.25, -0.2) is 9.97 Å². The molecule has 2 aromatic carbocycles. The minimum atomic E-state index is 0.106. The second-order valence-corrected chi connectivity index (χ2v) is 18.9. The number of rotatable bonds is 40. The lowest BCUT2D eigenvalue weighted by molar-refractivity contribution is 0.258. The number of hydrogen-bond donors (Lipinski definition) is 0. The molecule has 0 aliphatic rings. The average molecular weight is 940 g/mol. The first-order chi connectivity index (χ1) is 33.1. The number of hydrogen-bond acceptors (Lipinski definition) is 6. The van der Waals surface area contributed by atoms with Crippen LogP contribution in [0.3, 0.4) is 0 Å². The molecule has 0 saturated heterocycles. The Kier molecular flexibility index (Phi) is 34.3. The first-order valence-corrected chi connectivity index (χ1v) is 27.8. The lowest BCUT2D eigenvalue weighted by atomic mass is 10.1. The van der Waals surface area contributed by atoms with Crippen molar-refractivity contribution in [1.29, 1.82) is 0 Å². The number of ether oxygens (including phenoxy) is 4. The Morgan fingerprint density at radius 2 is 0.597 bits per heavy atom. The van der Waals surface area contributed by atoms with Crippen molar-refractivity contribution >= 4 is 11.6 Å². The third kappa shape index (κ3) is 28.9. The van der Waals surface area contributed by atoms with Crippen LogP contribution in [0.2, 0.25) is 5.28 Å². The zero-order chi connectivity index (χ0) is 47.7. The van der Waals surface area contributed by atoms with Gasteiger partial charge in [-0.15, -0.1) is 0 Å². The molecule has 3 rings (SSSR count). The van der Waals surface area contributed by atoms with E-state index in [2.05, 4.69) is 61.3 Å². The molecular weight excluding hydrogens is 848 g/mol. The maximum atomic E-state index is 6.44. The Bertz CT molecular complexity index is 1700. The number of nitrogens with zero attached hydrogens (tertiary/aromatic N) is 2. The van der Waals surface area contributed by atoms with Gasteiger partial charge in [0.15, 0.2) is 23.0 Å². The van der Waals surface area contributed by atoms with E-state index >= 15 is 0 Å². The van der Waals surface area contributed by atoms with E-state index in [4.69, 9.17) is 30.5 Å². The van der Waals surface area contributed by atoms with Crippen LogP contribution in [-0.2, 0) is 0 Å². The van der Waals surface area contributed by atoms with Gasteiger partial charge in [-0.05, 0) is 85.5 Å². The van der Waals surface area contributed by atoms with E-state index in [1.807, 2.05) is 36.4 Å². The minimum Gasteiger partial charge on any atom is -0.490 e. The summed E-state index contributed by atoms with van der Waals surface area (Å²) in [5, 5.41) is 0.106. The maximum absolute atomic E-state index is 6.44. The zero-order valence-electron chi connectivity index (χ0n) is 42.9. The van der Waals surface area contributed by atoms with Crippen molar-refractivity contribution in [3.8, 4) is 46.7 Å². The fourth-order valence-corrected chi connectivity index (χ4v) is 8.31. The highest BCUT2D eigenvalue weighted by Crippen LogP contribution is 2.31. The molecule has 0 saturated carbocycles. The normalized spacial score (nSPS) is 10.9. The summed E-state index contributed by atoms with van der Waals surface area (Å²) in [7, 11) is 0. The van der Waals surface area contributed by atoms with Crippen molar-refractivity contribution in [2.24, 2.45) is 0 Å². The van der Waals surface area contributed by atoms with Crippen molar-refractivity contribution in [3.63, 3.8) is 0 Å². The van der Waals surface area contributed by atoms with E-state index in [1.54, 1.807) is 6.07 Å². The highest BCUT2D eigenvalue weighted by Gasteiger charge is 2.10. The minimum absolute atomic E-state index is 0.106. The summed E-state index contributed by atoms with van der Waals surface area (Å²) in [4.78, 5) is 8.83. The third-order valence-corrected chi connectivity index (χ3v) is 12.4. The zero-order valence-corrected chi connectivity index (χ0v) is 43.7. The van der Waals surface area contributed by atoms with Gasteiger partial charge in [0.05, 0.1) is 26.4 Å². The fourth-order valence-electron chi connectivity index (χ4n) is 8.13. The van der Waals surface area contributed by atoms with Crippen LogP contribution in [0.15, 0.2) is 42.5 Å². The Morgan fingerprint density at radius 1 is 0.328 bits per heavy atom. The summed E-state index contributed by atoms with van der Waals surface area (Å²) in [5.41, 5.74) is 2.63. The molecule has 0 amide bonds. The molecule has 0 aliphatic carbocycles. The number of benzene rings is 2. The largest absolute Gasteiger partial charge is 0.490 e. The molecule has 372 valence electrons. The highest BCUT2D eigenvalue weighted by molar-refractivity contribution is 6.28. The van der Waals surface area contributed by atoms with Gasteiger partial charge in [0.25, 0.3) is 0 Å². The van der Waals surface area contributed by atoms with Crippen molar-refractivity contribution in [2.45, 2.75) is 233 Å². The van der Waals surface area contributed by atoms with Crippen LogP contribution in [0.5, 0.6) is 23.0 Å². The van der Waals surface area contributed by atoms with Gasteiger partial charge in [0.1, 0.15) is 11.4 Å². The lowest BCUT2D eigenvalue weighted by Gasteiger charge is -2.13. The molecule has 0 aliphatic heterocycles. The SMILES string of the molecule is CCCCCCCCCCOc1ccc(C#Cc2cc(C#Cc3ccc(OCCCCCCCCCC)c(OCCCCCCCCCC)c3)nc(Cl)n2)cc1OCCCCCCCCCC. The second kappa shape index (κ2) is 40.1. The van der Waals surface area contributed by atoms with Gasteiger partial charge in [0.2, 0.25) is 5.28 Å². The van der Waals surface area contributed by atoms with Crippen LogP contribution in [0.1, 0.15) is 256 Å². The van der Waals surface area contributed by atoms with Gasteiger partial charge in [-0.1, -0.05) is 219 Å². The van der Waals surface area contributed by atoms with Gasteiger partial charge in [-0.3, -0.25) is 0 Å². The smallest absolute Gasteiger partial charge is 0.224 e. The highest BCUT2D eigenvalue weighted by atomic mass is 35.5. The standard InChI is InChI=1S/C60H91ClN2O4/c1-5-9-13-17-21-25-29-33-45-64-56-43-39-52(49-58(56)66-47-35-31-27-23-19-15-11-7-3)37-41-54-51-55(63-60(61)62-54)42-38-53-40-44-57(65-46-34-30-26-22-18-14-10-6-2)59(50-53)67-48-36-32-28-24-20-16-12-8-4/h39-40,43-44,49-51H,5-36,45-48H2,1-4H3. The molecule has 3 aromatic rings. The summed E-state index contributed by atoms with van der Waals surface area (Å²) in [5.74, 6) is 16.0. The van der Waals surface area contributed by atoms with Gasteiger partial charge >= 0.3 is 0 Å². The third-order valence-electron chi connectivity index (χ3n) is 12.3. The van der Waals surface area contributed by atoms with Crippen LogP contribution in [0, 0.1) is 23.7 Å². The molecule has 0 bridgehead atoms. The van der Waals surface area contributed by atoms with Crippen LogP contribution in [0.25, 0.3) is 0 Å². The Balaban J connectivity index is 1.67. The Morgan fingerprint density at radius 3 is 0.896 bits per heavy atom. The van der Waals surface area contributed by atoms with Gasteiger partial charge in [-0.2, -0.15) is 0 Å². The number of aromatic nitrogens is 2. The molecule has 0 fully saturated rings. The summed E-state index contributed by atoms with van der Waals surface area (Å²) in [6.07, 6.45) is 40.3. The van der Waals surface area contributed by atoms with Crippen LogP contribution in [-0.4, -0.2) is 36.4 Å². The van der Waals surface area contributed by atoms with Crippen LogP contribution in [0.4, 0.5) is 0 Å². The van der Waals surface area contributed by atoms with E-state index < -0.39 is 0 Å². The number of halogens is 1. The quantitative estimate of drug-likeness (QED) is 0.0322. The molecule has 0 spiro atoms. The monoisotopic (exact) mass is 939 g/mol. The summed E-state index contributed by atoms with van der Waals surface area (Å²) >= 11 is 6.44. The van der Waals surface area contributed by atoms with Gasteiger partial charge < -0.3 is 18.9 Å². The first kappa shape index (κ1) is 57.4. The molecule has 1 aromatic heterocycles. The van der Waals surface area contributed by atoms with Crippen LogP contribution < -0.4 is 18.9 Å². The van der Waals surface area contributed by atoms with Crippen molar-refractivity contribution in [1.82, 2.24) is 9.97 Å². The molecule has 0 unspecified atom stereocenters. The van der Waals surface area contributed by atoms with E-state index in [0.717, 1.165) is 59.8 Å². The lowest BCUT2D eigenvalue weighted by Crippen LogP contribution is -2.03. The molecule has 67 heavy (non-hydrogen) atoms. The summed E-state index contributed by atoms with van der Waals surface area (Å²) in [6.45, 7) is 11.8. The molecule has 1 heterocycles. The number of unbranched alkanes of at least 4 members (excludes halogenated alkanes) is 28. The van der Waals surface area contributed by atoms with E-state index in [9.17, 15) is 0 Å². The average Bonchev–Trinajstić information content (AvgIpc) is 3.33. The van der Waals surface area contributed by atoms with E-state index in [0.29, 0.717) is 37.8 Å². The van der Waals surface area contributed by atoms with Crippen molar-refractivity contribution in [3.05, 3.63) is 70.3 Å².